The summed E-state index contributed by atoms with van der Waals surface area (Å²) in [7, 11) is -3.06. The summed E-state index contributed by atoms with van der Waals surface area (Å²) in [5, 5.41) is 9.62. The van der Waals surface area contributed by atoms with E-state index in [2.05, 4.69) is 0 Å². The Morgan fingerprint density at radius 2 is 1.94 bits per heavy atom. The van der Waals surface area contributed by atoms with Crippen molar-refractivity contribution in [2.75, 3.05) is 25.4 Å². The van der Waals surface area contributed by atoms with Crippen LogP contribution in [-0.2, 0) is 10.0 Å². The lowest BCUT2D eigenvalue weighted by atomic mass is 9.74. The highest BCUT2D eigenvalue weighted by Gasteiger charge is 2.40. The molecule has 1 heterocycles. The summed E-state index contributed by atoms with van der Waals surface area (Å²) in [6, 6.07) is 0. The molecule has 2 aliphatic rings. The first-order valence-corrected chi connectivity index (χ1v) is 8.17. The number of hydrogen-bond donors (Lipinski definition) is 1. The maximum Gasteiger partial charge on any atom is 0.214 e. The lowest BCUT2D eigenvalue weighted by Crippen LogP contribution is -2.42. The monoisotopic (exact) mass is 261 g/mol. The first-order valence-electron chi connectivity index (χ1n) is 6.56. The van der Waals surface area contributed by atoms with E-state index in [-0.39, 0.29) is 23.7 Å². The van der Waals surface area contributed by atoms with Gasteiger partial charge in [-0.3, -0.25) is 0 Å². The van der Waals surface area contributed by atoms with Crippen LogP contribution < -0.4 is 0 Å². The number of rotatable bonds is 3. The van der Waals surface area contributed by atoms with Gasteiger partial charge in [0.1, 0.15) is 0 Å². The summed E-state index contributed by atoms with van der Waals surface area (Å²) < 4.78 is 25.5. The summed E-state index contributed by atoms with van der Waals surface area (Å²) in [4.78, 5) is 0. The highest BCUT2D eigenvalue weighted by Crippen LogP contribution is 2.38. The summed E-state index contributed by atoms with van der Waals surface area (Å²) in [5.74, 6) is 0.494. The maximum atomic E-state index is 11.9. The Bertz CT molecular complexity index is 360. The fourth-order valence-corrected chi connectivity index (χ4v) is 5.17. The highest BCUT2D eigenvalue weighted by atomic mass is 32.2. The Morgan fingerprint density at radius 1 is 1.29 bits per heavy atom. The van der Waals surface area contributed by atoms with E-state index in [0.29, 0.717) is 13.1 Å². The number of aliphatic hydroxyl groups is 1. The van der Waals surface area contributed by atoms with Crippen LogP contribution in [0.5, 0.6) is 0 Å². The average molecular weight is 261 g/mol. The van der Waals surface area contributed by atoms with Crippen LogP contribution in [0.25, 0.3) is 0 Å². The number of nitrogens with zero attached hydrogens (tertiary/aromatic N) is 1. The van der Waals surface area contributed by atoms with Crippen molar-refractivity contribution in [3.63, 3.8) is 0 Å². The molecule has 0 radical (unpaired) electrons. The molecule has 1 aliphatic carbocycles. The number of sulfonamides is 1. The first-order chi connectivity index (χ1) is 7.97. The van der Waals surface area contributed by atoms with Crippen LogP contribution in [0.15, 0.2) is 0 Å². The van der Waals surface area contributed by atoms with E-state index in [4.69, 9.17) is 0 Å². The number of hydrogen-bond acceptors (Lipinski definition) is 3. The molecule has 17 heavy (non-hydrogen) atoms. The molecule has 4 nitrogen and oxygen atoms in total. The Kier molecular flexibility index (Phi) is 3.80. The van der Waals surface area contributed by atoms with E-state index in [1.54, 1.807) is 4.31 Å². The Labute approximate surface area is 104 Å². The molecule has 2 fully saturated rings. The van der Waals surface area contributed by atoms with E-state index >= 15 is 0 Å². The summed E-state index contributed by atoms with van der Waals surface area (Å²) in [5.41, 5.74) is -0.171. The summed E-state index contributed by atoms with van der Waals surface area (Å²) in [6.45, 7) is 3.25. The maximum absolute atomic E-state index is 11.9. The van der Waals surface area contributed by atoms with Crippen molar-refractivity contribution in [1.82, 2.24) is 4.31 Å². The molecule has 1 saturated carbocycles. The highest BCUT2D eigenvalue weighted by molar-refractivity contribution is 7.89. The third-order valence-corrected chi connectivity index (χ3v) is 6.22. The SMILES string of the molecule is CC1CN(CC2(CO)CCCCC2)S(=O)(=O)C1. The quantitative estimate of drug-likeness (QED) is 0.831. The summed E-state index contributed by atoms with van der Waals surface area (Å²) in [6.07, 6.45) is 5.37. The molecule has 1 aliphatic heterocycles. The van der Waals surface area contributed by atoms with Gasteiger partial charge in [-0.1, -0.05) is 26.2 Å². The summed E-state index contributed by atoms with van der Waals surface area (Å²) >= 11 is 0. The molecule has 1 unspecified atom stereocenters. The van der Waals surface area contributed by atoms with E-state index in [9.17, 15) is 13.5 Å². The molecule has 0 aromatic rings. The van der Waals surface area contributed by atoms with Gasteiger partial charge in [0.15, 0.2) is 0 Å². The minimum atomic E-state index is -3.06. The molecule has 0 aromatic heterocycles. The molecule has 1 saturated heterocycles. The van der Waals surface area contributed by atoms with Crippen molar-refractivity contribution in [1.29, 1.82) is 0 Å². The van der Waals surface area contributed by atoms with Gasteiger partial charge in [-0.2, -0.15) is 0 Å². The molecule has 1 atom stereocenters. The van der Waals surface area contributed by atoms with Crippen molar-refractivity contribution in [2.24, 2.45) is 11.3 Å². The second kappa shape index (κ2) is 4.86. The van der Waals surface area contributed by atoms with Gasteiger partial charge in [-0.25, -0.2) is 12.7 Å². The molecular formula is C12H23NO3S. The molecule has 0 amide bonds. The molecule has 0 bridgehead atoms. The van der Waals surface area contributed by atoms with Crippen molar-refractivity contribution in [3.8, 4) is 0 Å². The molecule has 100 valence electrons. The predicted octanol–water partition coefficient (Wildman–Crippen LogP) is 1.21. The van der Waals surface area contributed by atoms with E-state index < -0.39 is 10.0 Å². The zero-order valence-electron chi connectivity index (χ0n) is 10.6. The van der Waals surface area contributed by atoms with Gasteiger partial charge >= 0.3 is 0 Å². The standard InChI is InChI=1S/C12H23NO3S/c1-11-7-13(17(15,16)8-11)9-12(10-14)5-3-2-4-6-12/h11,14H,2-10H2,1H3. The van der Waals surface area contributed by atoms with Gasteiger partial charge in [0.25, 0.3) is 0 Å². The number of aliphatic hydroxyl groups excluding tert-OH is 1. The molecule has 0 spiro atoms. The fraction of sp³-hybridized carbons (Fsp3) is 1.00. The minimum Gasteiger partial charge on any atom is -0.396 e. The van der Waals surface area contributed by atoms with Crippen LogP contribution in [0.1, 0.15) is 39.0 Å². The Morgan fingerprint density at radius 3 is 2.41 bits per heavy atom. The van der Waals surface area contributed by atoms with Gasteiger partial charge in [0.05, 0.1) is 5.75 Å². The van der Waals surface area contributed by atoms with Gasteiger partial charge in [-0.05, 0) is 18.8 Å². The van der Waals surface area contributed by atoms with Gasteiger partial charge in [-0.15, -0.1) is 0 Å². The van der Waals surface area contributed by atoms with Crippen LogP contribution >= 0.6 is 0 Å². The van der Waals surface area contributed by atoms with E-state index in [0.717, 1.165) is 25.7 Å². The molecule has 2 rings (SSSR count). The van der Waals surface area contributed by atoms with Crippen molar-refractivity contribution < 1.29 is 13.5 Å². The first kappa shape index (κ1) is 13.3. The van der Waals surface area contributed by atoms with Gasteiger partial charge in [0.2, 0.25) is 10.0 Å². The lowest BCUT2D eigenvalue weighted by molar-refractivity contribution is 0.0630. The largest absolute Gasteiger partial charge is 0.396 e. The second-order valence-electron chi connectivity index (χ2n) is 5.90. The fourth-order valence-electron chi connectivity index (χ4n) is 3.18. The average Bonchev–Trinajstić information content (AvgIpc) is 2.53. The van der Waals surface area contributed by atoms with Crippen LogP contribution in [0.3, 0.4) is 0 Å². The molecular weight excluding hydrogens is 238 g/mol. The third-order valence-electron chi connectivity index (χ3n) is 4.17. The zero-order chi connectivity index (χ0) is 12.5. The molecule has 5 heteroatoms. The van der Waals surface area contributed by atoms with E-state index in [1.165, 1.54) is 6.42 Å². The Hall–Kier alpha value is -0.130. The Balaban J connectivity index is 2.08. The minimum absolute atomic E-state index is 0.118. The third kappa shape index (κ3) is 2.83. The van der Waals surface area contributed by atoms with Crippen molar-refractivity contribution >= 4 is 10.0 Å². The van der Waals surface area contributed by atoms with Crippen molar-refractivity contribution in [3.05, 3.63) is 0 Å². The zero-order valence-corrected chi connectivity index (χ0v) is 11.4. The molecule has 1 N–H and O–H groups in total. The van der Waals surface area contributed by atoms with Crippen LogP contribution in [0.2, 0.25) is 0 Å². The normalized spacial score (nSPS) is 32.7. The van der Waals surface area contributed by atoms with Crippen LogP contribution in [0.4, 0.5) is 0 Å². The van der Waals surface area contributed by atoms with Crippen LogP contribution in [0, 0.1) is 11.3 Å². The van der Waals surface area contributed by atoms with Crippen LogP contribution in [-0.4, -0.2) is 43.3 Å². The smallest absolute Gasteiger partial charge is 0.214 e. The predicted molar refractivity (Wildman–Crippen MR) is 67.1 cm³/mol. The second-order valence-corrected chi connectivity index (χ2v) is 7.91. The van der Waals surface area contributed by atoms with Gasteiger partial charge in [0, 0.05) is 25.1 Å². The molecule has 0 aromatic carbocycles. The topological polar surface area (TPSA) is 57.6 Å². The lowest BCUT2D eigenvalue weighted by Gasteiger charge is -2.38. The van der Waals surface area contributed by atoms with Crippen molar-refractivity contribution in [2.45, 2.75) is 39.0 Å². The van der Waals surface area contributed by atoms with Gasteiger partial charge < -0.3 is 5.11 Å². The van der Waals surface area contributed by atoms with E-state index in [1.807, 2.05) is 6.92 Å².